The van der Waals surface area contributed by atoms with Crippen molar-refractivity contribution in [2.45, 2.75) is 37.0 Å². The molecule has 3 aromatic heterocycles. The summed E-state index contributed by atoms with van der Waals surface area (Å²) in [6.45, 7) is 4.41. The Balaban J connectivity index is 0.000000250. The van der Waals surface area contributed by atoms with E-state index in [4.69, 9.17) is 4.42 Å². The predicted octanol–water partition coefficient (Wildman–Crippen LogP) is 11.0. The molecule has 47 heavy (non-hydrogen) atoms. The van der Waals surface area contributed by atoms with Crippen LogP contribution in [0.5, 0.6) is 0 Å². The van der Waals surface area contributed by atoms with Crippen LogP contribution in [-0.4, -0.2) is 23.2 Å². The SMILES string of the molecule is CC(C)c1ccnc(-c2[c-]ccc3c2oc2c3ccc3ccc4c[c]([Ge]([CH3])([CH3])[CH3])ccc4c32)c1.[Ir].[c-]1ccccc1-c1ccccn1. The summed E-state index contributed by atoms with van der Waals surface area (Å²) < 4.78 is 8.22. The Labute approximate surface area is 292 Å². The quantitative estimate of drug-likeness (QED) is 0.101. The molecule has 0 spiro atoms. The third-order valence-corrected chi connectivity index (χ3v) is 12.9. The van der Waals surface area contributed by atoms with Gasteiger partial charge in [-0.05, 0) is 23.7 Å². The summed E-state index contributed by atoms with van der Waals surface area (Å²) in [5.41, 5.74) is 6.92. The van der Waals surface area contributed by atoms with Crippen LogP contribution in [0.1, 0.15) is 25.3 Å². The largest absolute Gasteiger partial charge is 0.305 e. The van der Waals surface area contributed by atoms with Gasteiger partial charge in [0.2, 0.25) is 0 Å². The van der Waals surface area contributed by atoms with E-state index in [0.717, 1.165) is 44.5 Å². The van der Waals surface area contributed by atoms with Crippen LogP contribution in [0.2, 0.25) is 17.3 Å². The van der Waals surface area contributed by atoms with Gasteiger partial charge in [-0.15, -0.1) is 35.9 Å². The molecule has 0 saturated heterocycles. The van der Waals surface area contributed by atoms with Gasteiger partial charge >= 0.3 is 178 Å². The van der Waals surface area contributed by atoms with Gasteiger partial charge in [-0.1, -0.05) is 26.0 Å². The van der Waals surface area contributed by atoms with Gasteiger partial charge < -0.3 is 4.98 Å². The number of nitrogens with zero attached hydrogens (tertiary/aromatic N) is 2. The summed E-state index contributed by atoms with van der Waals surface area (Å²) in [6.07, 6.45) is 3.68. The molecular formula is C42H36GeIrN2O-2. The number of benzene rings is 5. The summed E-state index contributed by atoms with van der Waals surface area (Å²) in [6, 6.07) is 44.5. The van der Waals surface area contributed by atoms with Gasteiger partial charge in [0.1, 0.15) is 0 Å². The molecule has 5 heteroatoms. The first kappa shape index (κ1) is 32.8. The minimum Gasteiger partial charge on any atom is -0.305 e. The first-order valence-corrected chi connectivity index (χ1v) is 23.2. The summed E-state index contributed by atoms with van der Waals surface area (Å²) in [7, 11) is 0. The Morgan fingerprint density at radius 3 is 2.13 bits per heavy atom. The molecule has 3 heterocycles. The molecule has 3 nitrogen and oxygen atoms in total. The molecule has 0 atom stereocenters. The first-order valence-electron chi connectivity index (χ1n) is 15.9. The maximum absolute atomic E-state index is 6.70. The number of furan rings is 1. The number of rotatable bonds is 4. The average molecular weight is 850 g/mol. The van der Waals surface area contributed by atoms with Gasteiger partial charge in [0.25, 0.3) is 0 Å². The van der Waals surface area contributed by atoms with Crippen LogP contribution >= 0.6 is 0 Å². The molecule has 5 aromatic carbocycles. The van der Waals surface area contributed by atoms with Crippen molar-refractivity contribution < 1.29 is 24.5 Å². The topological polar surface area (TPSA) is 38.9 Å². The second kappa shape index (κ2) is 13.6. The van der Waals surface area contributed by atoms with Crippen LogP contribution in [0.25, 0.3) is 66.0 Å². The molecule has 1 radical (unpaired) electrons. The van der Waals surface area contributed by atoms with Gasteiger partial charge in [-0.3, -0.25) is 0 Å². The van der Waals surface area contributed by atoms with Crippen molar-refractivity contribution in [3.63, 3.8) is 0 Å². The van der Waals surface area contributed by atoms with Gasteiger partial charge in [0, 0.05) is 26.3 Å². The van der Waals surface area contributed by atoms with E-state index in [1.165, 1.54) is 31.5 Å². The predicted molar refractivity (Wildman–Crippen MR) is 196 cm³/mol. The van der Waals surface area contributed by atoms with Crippen LogP contribution < -0.4 is 4.40 Å². The van der Waals surface area contributed by atoms with Crippen molar-refractivity contribution in [1.82, 2.24) is 9.97 Å². The minimum absolute atomic E-state index is 0. The van der Waals surface area contributed by atoms with Crippen molar-refractivity contribution in [2.24, 2.45) is 0 Å². The van der Waals surface area contributed by atoms with Crippen molar-refractivity contribution in [1.29, 1.82) is 0 Å². The second-order valence-electron chi connectivity index (χ2n) is 13.1. The number of pyridine rings is 2. The summed E-state index contributed by atoms with van der Waals surface area (Å²) >= 11 is -1.91. The molecule has 0 unspecified atom stereocenters. The van der Waals surface area contributed by atoms with Crippen LogP contribution in [0.15, 0.2) is 126 Å². The third kappa shape index (κ3) is 6.56. The number of aromatic nitrogens is 2. The zero-order chi connectivity index (χ0) is 31.8. The van der Waals surface area contributed by atoms with E-state index in [1.807, 2.05) is 54.7 Å². The fourth-order valence-electron chi connectivity index (χ4n) is 6.02. The third-order valence-electron chi connectivity index (χ3n) is 8.62. The molecule has 0 amide bonds. The zero-order valence-electron chi connectivity index (χ0n) is 27.3. The standard InChI is InChI=1S/C31H28GeNO.C11H8N.Ir/c1-19(2)21-15-16-33-28(18-21)27-8-6-7-25-26-13-11-20-9-10-22-17-23(32(3,4)5)12-14-24(22)29(20)31(26)34-30(25)27;1-2-6-10(7-3-1)11-8-4-5-9-12-11;/h6-7,9-19H,1-5H3;1-6,8-9H;/q2*-1;. The fourth-order valence-corrected chi connectivity index (χ4v) is 8.48. The summed E-state index contributed by atoms with van der Waals surface area (Å²) in [5, 5.41) is 7.19. The number of hydrogen-bond acceptors (Lipinski definition) is 3. The van der Waals surface area contributed by atoms with E-state index < -0.39 is 13.3 Å². The molecule has 235 valence electrons. The van der Waals surface area contributed by atoms with E-state index >= 15 is 0 Å². The van der Waals surface area contributed by atoms with Crippen molar-refractivity contribution in [2.75, 3.05) is 0 Å². The zero-order valence-corrected chi connectivity index (χ0v) is 31.8. The normalized spacial score (nSPS) is 11.5. The maximum Gasteiger partial charge on any atom is 0.0160 e. The van der Waals surface area contributed by atoms with Crippen molar-refractivity contribution in [3.05, 3.63) is 139 Å². The average Bonchev–Trinajstić information content (AvgIpc) is 3.48. The molecule has 0 N–H and O–H groups in total. The molecule has 0 aliphatic heterocycles. The monoisotopic (exact) mass is 851 g/mol. The first-order chi connectivity index (χ1) is 22.3. The maximum atomic E-state index is 6.70. The molecular weight excluding hydrogens is 813 g/mol. The second-order valence-corrected chi connectivity index (χ2v) is 23.8. The van der Waals surface area contributed by atoms with Gasteiger partial charge in [-0.25, -0.2) is 0 Å². The van der Waals surface area contributed by atoms with Crippen LogP contribution in [0.3, 0.4) is 0 Å². The molecule has 8 aromatic rings. The summed E-state index contributed by atoms with van der Waals surface area (Å²) in [4.78, 5) is 8.89. The molecule has 0 aliphatic rings. The van der Waals surface area contributed by atoms with E-state index in [0.29, 0.717) is 5.92 Å². The Hall–Kier alpha value is -4.09. The number of fused-ring (bicyclic) bond motifs is 7. The smallest absolute Gasteiger partial charge is 0.0160 e. The Kier molecular flexibility index (Phi) is 9.48. The van der Waals surface area contributed by atoms with Crippen molar-refractivity contribution >= 4 is 61.1 Å². The van der Waals surface area contributed by atoms with Gasteiger partial charge in [0.15, 0.2) is 0 Å². The van der Waals surface area contributed by atoms with Crippen LogP contribution in [-0.2, 0) is 20.1 Å². The minimum atomic E-state index is -1.91. The Morgan fingerprint density at radius 2 is 1.38 bits per heavy atom. The Morgan fingerprint density at radius 1 is 0.638 bits per heavy atom. The molecule has 0 aliphatic carbocycles. The summed E-state index contributed by atoms with van der Waals surface area (Å²) in [5.74, 6) is 7.77. The number of hydrogen-bond donors (Lipinski definition) is 0. The van der Waals surface area contributed by atoms with Crippen LogP contribution in [0.4, 0.5) is 0 Å². The van der Waals surface area contributed by atoms with Crippen LogP contribution in [0, 0.1) is 12.1 Å². The molecule has 0 saturated carbocycles. The fraction of sp³-hybridized carbons (Fsp3) is 0.143. The Bertz CT molecular complexity index is 2290. The molecule has 0 bridgehead atoms. The van der Waals surface area contributed by atoms with E-state index in [2.05, 4.69) is 114 Å². The molecule has 0 fully saturated rings. The van der Waals surface area contributed by atoms with E-state index in [1.54, 1.807) is 6.20 Å². The van der Waals surface area contributed by atoms with E-state index in [9.17, 15) is 0 Å². The van der Waals surface area contributed by atoms with Crippen molar-refractivity contribution in [3.8, 4) is 22.5 Å². The molecule has 8 rings (SSSR count). The van der Waals surface area contributed by atoms with Gasteiger partial charge in [0.05, 0.1) is 0 Å². The van der Waals surface area contributed by atoms with E-state index in [-0.39, 0.29) is 20.1 Å². The van der Waals surface area contributed by atoms with Gasteiger partial charge in [-0.2, -0.15) is 0 Å².